The number of hydrogen-bond acceptors (Lipinski definition) is 2. The van der Waals surface area contributed by atoms with Gasteiger partial charge in [0.2, 0.25) is 0 Å². The van der Waals surface area contributed by atoms with Crippen molar-refractivity contribution < 1.29 is 4.74 Å². The van der Waals surface area contributed by atoms with E-state index in [-0.39, 0.29) is 0 Å². The van der Waals surface area contributed by atoms with Crippen LogP contribution in [0.25, 0.3) is 0 Å². The molecule has 1 aliphatic heterocycles. The molecule has 1 atom stereocenters. The zero-order valence-electron chi connectivity index (χ0n) is 6.52. The number of ether oxygens (including phenoxy) is 1. The summed E-state index contributed by atoms with van der Waals surface area (Å²) in [7, 11) is 1.83. The summed E-state index contributed by atoms with van der Waals surface area (Å²) in [4.78, 5) is 0. The van der Waals surface area contributed by atoms with Crippen molar-refractivity contribution in [1.82, 2.24) is 5.32 Å². The van der Waals surface area contributed by atoms with Crippen molar-refractivity contribution in [2.24, 2.45) is 5.41 Å². The third-order valence-electron chi connectivity index (χ3n) is 2.99. The van der Waals surface area contributed by atoms with E-state index in [1.54, 1.807) is 0 Å². The normalized spacial score (nSPS) is 36.3. The van der Waals surface area contributed by atoms with Gasteiger partial charge in [0.25, 0.3) is 0 Å². The van der Waals surface area contributed by atoms with Crippen LogP contribution in [-0.2, 0) is 4.74 Å². The third-order valence-corrected chi connectivity index (χ3v) is 2.99. The Morgan fingerprint density at radius 1 is 1.40 bits per heavy atom. The van der Waals surface area contributed by atoms with E-state index >= 15 is 0 Å². The number of methoxy groups -OCH3 is 1. The van der Waals surface area contributed by atoms with Crippen LogP contribution in [0.1, 0.15) is 19.3 Å². The van der Waals surface area contributed by atoms with Crippen LogP contribution in [0.3, 0.4) is 0 Å². The average molecular weight is 141 g/mol. The number of piperidine rings is 1. The molecule has 2 rings (SSSR count). The maximum Gasteiger partial charge on any atom is 0.0752 e. The standard InChI is InChI=1S/C8H15NO/c1-10-7-6-9-5-4-8(7)2-3-8/h7,9H,2-6H2,1H3. The van der Waals surface area contributed by atoms with Gasteiger partial charge in [-0.3, -0.25) is 0 Å². The first-order valence-electron chi connectivity index (χ1n) is 4.11. The van der Waals surface area contributed by atoms with Gasteiger partial charge in [-0.05, 0) is 31.2 Å². The van der Waals surface area contributed by atoms with Gasteiger partial charge < -0.3 is 10.1 Å². The first-order chi connectivity index (χ1) is 4.87. The Bertz CT molecular complexity index is 131. The van der Waals surface area contributed by atoms with Crippen molar-refractivity contribution in [2.45, 2.75) is 25.4 Å². The highest BCUT2D eigenvalue weighted by Crippen LogP contribution is 2.53. The summed E-state index contributed by atoms with van der Waals surface area (Å²) in [6.45, 7) is 2.26. The highest BCUT2D eigenvalue weighted by molar-refractivity contribution is 5.02. The van der Waals surface area contributed by atoms with Crippen LogP contribution < -0.4 is 5.32 Å². The van der Waals surface area contributed by atoms with Crippen LogP contribution in [0.2, 0.25) is 0 Å². The summed E-state index contributed by atoms with van der Waals surface area (Å²) in [5, 5.41) is 3.36. The van der Waals surface area contributed by atoms with Crippen LogP contribution >= 0.6 is 0 Å². The summed E-state index contributed by atoms with van der Waals surface area (Å²) in [5.74, 6) is 0. The van der Waals surface area contributed by atoms with Crippen molar-refractivity contribution in [2.75, 3.05) is 20.2 Å². The molecule has 1 heterocycles. The topological polar surface area (TPSA) is 21.3 Å². The van der Waals surface area contributed by atoms with E-state index in [9.17, 15) is 0 Å². The predicted molar refractivity (Wildman–Crippen MR) is 40.0 cm³/mol. The smallest absolute Gasteiger partial charge is 0.0752 e. The van der Waals surface area contributed by atoms with Gasteiger partial charge in [0.1, 0.15) is 0 Å². The van der Waals surface area contributed by atoms with E-state index in [2.05, 4.69) is 5.32 Å². The minimum absolute atomic E-state index is 0.501. The summed E-state index contributed by atoms with van der Waals surface area (Å²) in [6.07, 6.45) is 4.62. The molecule has 0 radical (unpaired) electrons. The Balaban J connectivity index is 2.01. The summed E-state index contributed by atoms with van der Waals surface area (Å²) in [5.41, 5.74) is 0.611. The zero-order valence-corrected chi connectivity index (χ0v) is 6.52. The van der Waals surface area contributed by atoms with E-state index in [0.717, 1.165) is 6.54 Å². The molecule has 1 spiro atoms. The van der Waals surface area contributed by atoms with Gasteiger partial charge in [-0.1, -0.05) is 0 Å². The minimum Gasteiger partial charge on any atom is -0.380 e. The molecule has 0 amide bonds. The van der Waals surface area contributed by atoms with Gasteiger partial charge in [0.05, 0.1) is 6.10 Å². The fourth-order valence-electron chi connectivity index (χ4n) is 2.01. The highest BCUT2D eigenvalue weighted by Gasteiger charge is 2.50. The first kappa shape index (κ1) is 6.62. The minimum atomic E-state index is 0.501. The van der Waals surface area contributed by atoms with Crippen molar-refractivity contribution in [1.29, 1.82) is 0 Å². The van der Waals surface area contributed by atoms with Crippen molar-refractivity contribution in [3.05, 3.63) is 0 Å². The molecule has 0 aromatic carbocycles. The summed E-state index contributed by atoms with van der Waals surface area (Å²) >= 11 is 0. The fourth-order valence-corrected chi connectivity index (χ4v) is 2.01. The number of nitrogens with one attached hydrogen (secondary N) is 1. The molecule has 58 valence electrons. The monoisotopic (exact) mass is 141 g/mol. The molecule has 0 aromatic heterocycles. The first-order valence-corrected chi connectivity index (χ1v) is 4.11. The molecular formula is C8H15NO. The second kappa shape index (κ2) is 2.21. The molecule has 2 fully saturated rings. The third kappa shape index (κ3) is 0.867. The SMILES string of the molecule is COC1CNCCC12CC2. The zero-order chi connectivity index (χ0) is 7.03. The molecule has 1 saturated heterocycles. The highest BCUT2D eigenvalue weighted by atomic mass is 16.5. The van der Waals surface area contributed by atoms with E-state index in [1.165, 1.54) is 25.8 Å². The quantitative estimate of drug-likeness (QED) is 0.582. The molecule has 2 nitrogen and oxygen atoms in total. The van der Waals surface area contributed by atoms with Crippen molar-refractivity contribution >= 4 is 0 Å². The molecule has 1 saturated carbocycles. The maximum absolute atomic E-state index is 5.41. The van der Waals surface area contributed by atoms with E-state index in [1.807, 2.05) is 7.11 Å². The summed E-state index contributed by atoms with van der Waals surface area (Å²) in [6, 6.07) is 0. The molecule has 0 bridgehead atoms. The van der Waals surface area contributed by atoms with Gasteiger partial charge >= 0.3 is 0 Å². The van der Waals surface area contributed by atoms with Crippen molar-refractivity contribution in [3.8, 4) is 0 Å². The molecule has 1 N–H and O–H groups in total. The number of hydrogen-bond donors (Lipinski definition) is 1. The van der Waals surface area contributed by atoms with E-state index in [0.29, 0.717) is 11.5 Å². The molecule has 10 heavy (non-hydrogen) atoms. The second-order valence-corrected chi connectivity index (χ2v) is 3.54. The molecular weight excluding hydrogens is 126 g/mol. The number of rotatable bonds is 1. The van der Waals surface area contributed by atoms with Crippen LogP contribution in [-0.4, -0.2) is 26.3 Å². The van der Waals surface area contributed by atoms with Crippen molar-refractivity contribution in [3.63, 3.8) is 0 Å². The van der Waals surface area contributed by atoms with E-state index < -0.39 is 0 Å². The Morgan fingerprint density at radius 3 is 2.70 bits per heavy atom. The Morgan fingerprint density at radius 2 is 2.20 bits per heavy atom. The molecule has 1 unspecified atom stereocenters. The lowest BCUT2D eigenvalue weighted by Gasteiger charge is -2.30. The lowest BCUT2D eigenvalue weighted by Crippen LogP contribution is -2.42. The molecule has 2 heteroatoms. The Hall–Kier alpha value is -0.0800. The predicted octanol–water partition coefficient (Wildman–Crippen LogP) is 0.775. The molecule has 1 aliphatic carbocycles. The Kier molecular flexibility index (Phi) is 1.46. The Labute approximate surface area is 61.9 Å². The van der Waals surface area contributed by atoms with Gasteiger partial charge in [-0.25, -0.2) is 0 Å². The van der Waals surface area contributed by atoms with Gasteiger partial charge in [-0.15, -0.1) is 0 Å². The fraction of sp³-hybridized carbons (Fsp3) is 1.00. The van der Waals surface area contributed by atoms with E-state index in [4.69, 9.17) is 4.74 Å². The van der Waals surface area contributed by atoms with Crippen LogP contribution in [0.4, 0.5) is 0 Å². The molecule has 0 aromatic rings. The van der Waals surface area contributed by atoms with Gasteiger partial charge in [0, 0.05) is 13.7 Å². The lowest BCUT2D eigenvalue weighted by atomic mass is 9.92. The van der Waals surface area contributed by atoms with Crippen LogP contribution in [0, 0.1) is 5.41 Å². The average Bonchev–Trinajstić information content (AvgIpc) is 2.71. The second-order valence-electron chi connectivity index (χ2n) is 3.54. The van der Waals surface area contributed by atoms with Crippen LogP contribution in [0.15, 0.2) is 0 Å². The largest absolute Gasteiger partial charge is 0.380 e. The lowest BCUT2D eigenvalue weighted by molar-refractivity contribution is 0.0212. The van der Waals surface area contributed by atoms with Gasteiger partial charge in [0.15, 0.2) is 0 Å². The van der Waals surface area contributed by atoms with Gasteiger partial charge in [-0.2, -0.15) is 0 Å². The summed E-state index contributed by atoms with van der Waals surface area (Å²) < 4.78 is 5.41. The molecule has 2 aliphatic rings. The van der Waals surface area contributed by atoms with Crippen LogP contribution in [0.5, 0.6) is 0 Å². The maximum atomic E-state index is 5.41.